The minimum atomic E-state index is -2.13. The van der Waals surface area contributed by atoms with Crippen molar-refractivity contribution in [2.24, 2.45) is 0 Å². The summed E-state index contributed by atoms with van der Waals surface area (Å²) in [5.41, 5.74) is 0.426. The molecule has 0 aromatic rings. The SMILES string of the molecule is C=C(C)C(=O)OCCCCCCCC[Si]C(F)F. The fraction of sp³-hybridized carbons (Fsp3) is 0.769. The Balaban J connectivity index is 3.12. The monoisotopic (exact) mass is 276 g/mol. The first-order chi connectivity index (χ1) is 8.54. The molecule has 0 spiro atoms. The van der Waals surface area contributed by atoms with Crippen molar-refractivity contribution in [2.45, 2.75) is 57.5 Å². The number of ether oxygens (including phenoxy) is 1. The summed E-state index contributed by atoms with van der Waals surface area (Å²) in [7, 11) is -0.204. The van der Waals surface area contributed by atoms with Gasteiger partial charge in [-0.1, -0.05) is 44.7 Å². The minimum Gasteiger partial charge on any atom is -0.462 e. The highest BCUT2D eigenvalue weighted by Gasteiger charge is 2.03. The largest absolute Gasteiger partial charge is 0.462 e. The molecule has 0 aliphatic rings. The predicted octanol–water partition coefficient (Wildman–Crippen LogP) is 3.79. The molecule has 0 aliphatic carbocycles. The summed E-state index contributed by atoms with van der Waals surface area (Å²) in [4.78, 5) is 11.0. The van der Waals surface area contributed by atoms with Crippen LogP contribution in [0.3, 0.4) is 0 Å². The van der Waals surface area contributed by atoms with E-state index in [9.17, 15) is 13.6 Å². The van der Waals surface area contributed by atoms with Gasteiger partial charge in [0, 0.05) is 5.57 Å². The summed E-state index contributed by atoms with van der Waals surface area (Å²) in [5, 5.41) is 0. The van der Waals surface area contributed by atoms with Crippen LogP contribution >= 0.6 is 0 Å². The van der Waals surface area contributed by atoms with Crippen molar-refractivity contribution in [2.75, 3.05) is 6.61 Å². The summed E-state index contributed by atoms with van der Waals surface area (Å²) in [6, 6.07) is -1.48. The van der Waals surface area contributed by atoms with Gasteiger partial charge in [0.2, 0.25) is 6.05 Å². The van der Waals surface area contributed by atoms with Crippen LogP contribution in [0.5, 0.6) is 0 Å². The highest BCUT2D eigenvalue weighted by atomic mass is 28.2. The van der Waals surface area contributed by atoms with Crippen LogP contribution in [0, 0.1) is 0 Å². The Morgan fingerprint density at radius 3 is 2.28 bits per heavy atom. The molecular weight excluding hydrogens is 254 g/mol. The molecule has 18 heavy (non-hydrogen) atoms. The number of unbranched alkanes of at least 4 members (excludes halogenated alkanes) is 5. The van der Waals surface area contributed by atoms with Crippen LogP contribution in [0.1, 0.15) is 45.4 Å². The molecule has 0 amide bonds. The Kier molecular flexibility index (Phi) is 10.9. The van der Waals surface area contributed by atoms with E-state index in [0.717, 1.165) is 38.5 Å². The van der Waals surface area contributed by atoms with E-state index >= 15 is 0 Å². The van der Waals surface area contributed by atoms with Crippen LogP contribution in [-0.2, 0) is 9.53 Å². The fourth-order valence-electron chi connectivity index (χ4n) is 1.43. The molecule has 0 unspecified atom stereocenters. The third kappa shape index (κ3) is 11.8. The number of esters is 1. The van der Waals surface area contributed by atoms with Crippen molar-refractivity contribution >= 4 is 15.5 Å². The molecule has 0 N–H and O–H groups in total. The number of alkyl halides is 2. The second kappa shape index (κ2) is 11.4. The zero-order valence-electron chi connectivity index (χ0n) is 11.0. The van der Waals surface area contributed by atoms with Gasteiger partial charge in [0.15, 0.2) is 0 Å². The summed E-state index contributed by atoms with van der Waals surface area (Å²) in [5.74, 6) is -0.331. The standard InChI is InChI=1S/C13H22F2O2Si/c1-11(2)12(16)17-9-7-5-3-4-6-8-10-18-13(14)15/h13H,1,3-10H2,2H3. The van der Waals surface area contributed by atoms with Crippen LogP contribution in [0.15, 0.2) is 12.2 Å². The summed E-state index contributed by atoms with van der Waals surface area (Å²) < 4.78 is 28.6. The molecule has 0 aromatic carbocycles. The second-order valence-electron chi connectivity index (χ2n) is 4.29. The molecule has 0 atom stereocenters. The van der Waals surface area contributed by atoms with Gasteiger partial charge in [0.25, 0.3) is 0 Å². The molecule has 0 saturated carbocycles. The number of carbonyl (C=O) groups excluding carboxylic acids is 1. The van der Waals surface area contributed by atoms with Crippen molar-refractivity contribution in [1.82, 2.24) is 0 Å². The molecule has 0 aliphatic heterocycles. The van der Waals surface area contributed by atoms with Crippen LogP contribution in [0.25, 0.3) is 0 Å². The Bertz CT molecular complexity index is 245. The molecular formula is C13H22F2O2Si. The molecule has 5 heteroatoms. The maximum atomic E-state index is 11.8. The first kappa shape index (κ1) is 17.3. The van der Waals surface area contributed by atoms with E-state index in [0.29, 0.717) is 18.2 Å². The van der Waals surface area contributed by atoms with E-state index in [-0.39, 0.29) is 15.5 Å². The summed E-state index contributed by atoms with van der Waals surface area (Å²) in [6.45, 7) is 5.57. The number of hydrogen-bond donors (Lipinski definition) is 0. The maximum absolute atomic E-state index is 11.8. The van der Waals surface area contributed by atoms with E-state index in [1.807, 2.05) is 0 Å². The number of carbonyl (C=O) groups is 1. The zero-order chi connectivity index (χ0) is 13.8. The van der Waals surface area contributed by atoms with Gasteiger partial charge in [-0.2, -0.15) is 0 Å². The van der Waals surface area contributed by atoms with E-state index < -0.39 is 6.05 Å². The Morgan fingerprint density at radius 1 is 1.17 bits per heavy atom. The van der Waals surface area contributed by atoms with Crippen molar-refractivity contribution in [1.29, 1.82) is 0 Å². The zero-order valence-corrected chi connectivity index (χ0v) is 12.0. The molecule has 2 nitrogen and oxygen atoms in total. The van der Waals surface area contributed by atoms with Gasteiger partial charge >= 0.3 is 5.97 Å². The molecule has 0 aromatic heterocycles. The lowest BCUT2D eigenvalue weighted by atomic mass is 10.1. The topological polar surface area (TPSA) is 26.3 Å². The summed E-state index contributed by atoms with van der Waals surface area (Å²) in [6.07, 6.45) is 5.93. The van der Waals surface area contributed by atoms with Crippen molar-refractivity contribution in [3.8, 4) is 0 Å². The van der Waals surface area contributed by atoms with Gasteiger partial charge in [0.05, 0.1) is 6.61 Å². The molecule has 0 rings (SSSR count). The third-order valence-electron chi connectivity index (χ3n) is 2.45. The van der Waals surface area contributed by atoms with Gasteiger partial charge in [-0.25, -0.2) is 13.6 Å². The highest BCUT2D eigenvalue weighted by Crippen LogP contribution is 2.08. The number of rotatable bonds is 11. The van der Waals surface area contributed by atoms with Gasteiger partial charge in [-0.05, 0) is 13.3 Å². The fourth-order valence-corrected chi connectivity index (χ4v) is 2.11. The van der Waals surface area contributed by atoms with Crippen LogP contribution in [0.2, 0.25) is 6.04 Å². The average Bonchev–Trinajstić information content (AvgIpc) is 2.30. The lowest BCUT2D eigenvalue weighted by Gasteiger charge is -2.04. The Labute approximate surface area is 111 Å². The van der Waals surface area contributed by atoms with E-state index in [1.54, 1.807) is 6.92 Å². The number of halogens is 2. The van der Waals surface area contributed by atoms with E-state index in [1.165, 1.54) is 0 Å². The molecule has 0 bridgehead atoms. The van der Waals surface area contributed by atoms with Crippen molar-refractivity contribution < 1.29 is 18.3 Å². The second-order valence-corrected chi connectivity index (χ2v) is 5.64. The predicted molar refractivity (Wildman–Crippen MR) is 70.0 cm³/mol. The normalized spacial score (nSPS) is 10.7. The van der Waals surface area contributed by atoms with Crippen LogP contribution in [0.4, 0.5) is 8.78 Å². The smallest absolute Gasteiger partial charge is 0.333 e. The first-order valence-electron chi connectivity index (χ1n) is 6.38. The lowest BCUT2D eigenvalue weighted by Crippen LogP contribution is -2.06. The molecule has 0 saturated heterocycles. The van der Waals surface area contributed by atoms with Crippen molar-refractivity contribution in [3.05, 3.63) is 12.2 Å². The van der Waals surface area contributed by atoms with Crippen LogP contribution < -0.4 is 0 Å². The van der Waals surface area contributed by atoms with E-state index in [2.05, 4.69) is 6.58 Å². The molecule has 0 fully saturated rings. The first-order valence-corrected chi connectivity index (χ1v) is 7.66. The summed E-state index contributed by atoms with van der Waals surface area (Å²) >= 11 is 0. The minimum absolute atomic E-state index is 0.204. The molecule has 0 heterocycles. The Hall–Kier alpha value is -0.713. The average molecular weight is 276 g/mol. The van der Waals surface area contributed by atoms with E-state index in [4.69, 9.17) is 4.74 Å². The van der Waals surface area contributed by atoms with Crippen molar-refractivity contribution in [3.63, 3.8) is 0 Å². The molecule has 104 valence electrons. The Morgan fingerprint density at radius 2 is 1.72 bits per heavy atom. The lowest BCUT2D eigenvalue weighted by molar-refractivity contribution is -0.139. The third-order valence-corrected chi connectivity index (χ3v) is 3.40. The highest BCUT2D eigenvalue weighted by molar-refractivity contribution is 6.36. The van der Waals surface area contributed by atoms with Crippen LogP contribution in [-0.4, -0.2) is 28.1 Å². The van der Waals surface area contributed by atoms with Gasteiger partial charge < -0.3 is 4.74 Å². The van der Waals surface area contributed by atoms with Gasteiger partial charge in [0.1, 0.15) is 9.52 Å². The molecule has 2 radical (unpaired) electrons. The number of hydrogen-bond acceptors (Lipinski definition) is 2. The maximum Gasteiger partial charge on any atom is 0.333 e. The quantitative estimate of drug-likeness (QED) is 0.248. The van der Waals surface area contributed by atoms with Gasteiger partial charge in [-0.3, -0.25) is 0 Å². The van der Waals surface area contributed by atoms with Gasteiger partial charge in [-0.15, -0.1) is 0 Å².